The van der Waals surface area contributed by atoms with Crippen LogP contribution in [0.1, 0.15) is 0 Å². The van der Waals surface area contributed by atoms with Crippen molar-refractivity contribution >= 4 is 53.9 Å². The van der Waals surface area contributed by atoms with Gasteiger partial charge in [-0.25, -0.2) is 0 Å². The van der Waals surface area contributed by atoms with Gasteiger partial charge in [0, 0.05) is 16.3 Å². The Labute approximate surface area is 225 Å². The van der Waals surface area contributed by atoms with Gasteiger partial charge >= 0.3 is 0 Å². The van der Waals surface area contributed by atoms with Crippen LogP contribution in [0.2, 0.25) is 0 Å². The van der Waals surface area contributed by atoms with Crippen LogP contribution in [0.4, 0.5) is 0 Å². The molecular formula is C38H22O. The Bertz CT molecular complexity index is 2300. The van der Waals surface area contributed by atoms with Gasteiger partial charge in [0.05, 0.1) is 0 Å². The molecule has 0 saturated carbocycles. The molecule has 0 N–H and O–H groups in total. The molecule has 0 amide bonds. The largest absolute Gasteiger partial charge is 0.455 e. The van der Waals surface area contributed by atoms with Crippen LogP contribution < -0.4 is 4.74 Å². The van der Waals surface area contributed by atoms with E-state index in [1.54, 1.807) is 0 Å². The van der Waals surface area contributed by atoms with Gasteiger partial charge in [-0.15, -0.1) is 0 Å². The zero-order valence-electron chi connectivity index (χ0n) is 21.1. The molecule has 8 aromatic carbocycles. The van der Waals surface area contributed by atoms with Gasteiger partial charge in [-0.2, -0.15) is 0 Å². The average molecular weight is 495 g/mol. The summed E-state index contributed by atoms with van der Waals surface area (Å²) in [5.41, 5.74) is 4.82. The quantitative estimate of drug-likeness (QED) is 0.163. The van der Waals surface area contributed by atoms with Crippen molar-refractivity contribution in [1.82, 2.24) is 0 Å². The second-order valence-electron chi connectivity index (χ2n) is 10.5. The maximum absolute atomic E-state index is 6.62. The molecule has 1 aliphatic heterocycles. The van der Waals surface area contributed by atoms with Crippen molar-refractivity contribution < 1.29 is 4.74 Å². The van der Waals surface area contributed by atoms with Gasteiger partial charge in [-0.05, 0) is 90.1 Å². The number of rotatable bonds is 1. The van der Waals surface area contributed by atoms with Crippen molar-refractivity contribution in [3.63, 3.8) is 0 Å². The number of ether oxygens (including phenoxy) is 1. The van der Waals surface area contributed by atoms with Gasteiger partial charge in [0.1, 0.15) is 11.5 Å². The molecule has 8 aromatic rings. The molecule has 0 unspecified atom stereocenters. The molecule has 180 valence electrons. The highest BCUT2D eigenvalue weighted by molar-refractivity contribution is 6.15. The average Bonchev–Trinajstić information content (AvgIpc) is 3.00. The molecule has 0 radical (unpaired) electrons. The summed E-state index contributed by atoms with van der Waals surface area (Å²) in [5, 5.41) is 12.4. The lowest BCUT2D eigenvalue weighted by molar-refractivity contribution is 0.493. The molecule has 1 heterocycles. The predicted octanol–water partition coefficient (Wildman–Crippen LogP) is 10.9. The second-order valence-corrected chi connectivity index (χ2v) is 10.5. The third-order valence-corrected chi connectivity index (χ3v) is 8.38. The van der Waals surface area contributed by atoms with E-state index in [-0.39, 0.29) is 0 Å². The molecule has 0 bridgehead atoms. The fraction of sp³-hybridized carbons (Fsp3) is 0. The van der Waals surface area contributed by atoms with Crippen LogP contribution >= 0.6 is 0 Å². The Kier molecular flexibility index (Phi) is 4.11. The van der Waals surface area contributed by atoms with Crippen LogP contribution in [0.3, 0.4) is 0 Å². The van der Waals surface area contributed by atoms with E-state index in [4.69, 9.17) is 4.74 Å². The first-order valence-electron chi connectivity index (χ1n) is 13.4. The molecular weight excluding hydrogens is 472 g/mol. The van der Waals surface area contributed by atoms with E-state index in [1.807, 2.05) is 0 Å². The predicted molar refractivity (Wildman–Crippen MR) is 165 cm³/mol. The summed E-state index contributed by atoms with van der Waals surface area (Å²) in [6.07, 6.45) is 0. The van der Waals surface area contributed by atoms with E-state index in [9.17, 15) is 0 Å². The van der Waals surface area contributed by atoms with Crippen LogP contribution in [0.5, 0.6) is 11.5 Å². The fourth-order valence-corrected chi connectivity index (χ4v) is 6.53. The van der Waals surface area contributed by atoms with Crippen molar-refractivity contribution in [2.45, 2.75) is 0 Å². The number of hydrogen-bond donors (Lipinski definition) is 0. The Hall–Kier alpha value is -5.14. The lowest BCUT2D eigenvalue weighted by atomic mass is 9.87. The minimum Gasteiger partial charge on any atom is -0.455 e. The SMILES string of the molecule is c1ccc2cc3c(ccc4ccc(-c5cc6c(c7ccccc57)Oc5cccc7cccc-6c57)cc43)cc2c1. The zero-order chi connectivity index (χ0) is 25.5. The molecule has 9 rings (SSSR count). The lowest BCUT2D eigenvalue weighted by Crippen LogP contribution is -1.99. The molecule has 0 spiro atoms. The maximum atomic E-state index is 6.62. The first-order chi connectivity index (χ1) is 19.3. The van der Waals surface area contributed by atoms with E-state index in [2.05, 4.69) is 133 Å². The van der Waals surface area contributed by atoms with E-state index in [0.717, 1.165) is 22.4 Å². The lowest BCUT2D eigenvalue weighted by Gasteiger charge is -2.24. The molecule has 1 aliphatic rings. The Morgan fingerprint density at radius 2 is 1.05 bits per heavy atom. The standard InChI is InChI=1S/C38H22O/c1-2-8-26-20-33-27(19-25(26)7-1)17-15-23-16-18-28(21-32(23)33)34-22-35-30-13-5-9-24-10-6-14-36(37(24)30)39-38(35)31-12-4-3-11-29(31)34/h1-22H. The fourth-order valence-electron chi connectivity index (χ4n) is 6.53. The van der Waals surface area contributed by atoms with Gasteiger partial charge in [0.2, 0.25) is 0 Å². The van der Waals surface area contributed by atoms with E-state index < -0.39 is 0 Å². The van der Waals surface area contributed by atoms with Crippen LogP contribution in [0.15, 0.2) is 133 Å². The highest BCUT2D eigenvalue weighted by Crippen LogP contribution is 2.51. The minimum absolute atomic E-state index is 0.929. The number of benzene rings is 8. The zero-order valence-corrected chi connectivity index (χ0v) is 21.1. The third-order valence-electron chi connectivity index (χ3n) is 8.38. The monoisotopic (exact) mass is 494 g/mol. The summed E-state index contributed by atoms with van der Waals surface area (Å²) < 4.78 is 6.62. The van der Waals surface area contributed by atoms with Crippen molar-refractivity contribution in [2.24, 2.45) is 0 Å². The van der Waals surface area contributed by atoms with E-state index in [1.165, 1.54) is 65.2 Å². The van der Waals surface area contributed by atoms with Gasteiger partial charge < -0.3 is 4.74 Å². The van der Waals surface area contributed by atoms with Crippen LogP contribution in [-0.2, 0) is 0 Å². The van der Waals surface area contributed by atoms with Gasteiger partial charge in [0.15, 0.2) is 0 Å². The summed E-state index contributed by atoms with van der Waals surface area (Å²) in [5.74, 6) is 1.87. The van der Waals surface area contributed by atoms with E-state index >= 15 is 0 Å². The topological polar surface area (TPSA) is 9.23 Å². The summed E-state index contributed by atoms with van der Waals surface area (Å²) >= 11 is 0. The van der Waals surface area contributed by atoms with Crippen molar-refractivity contribution in [3.8, 4) is 33.8 Å². The summed E-state index contributed by atoms with van der Waals surface area (Å²) in [6, 6.07) is 48.5. The third kappa shape index (κ3) is 2.96. The summed E-state index contributed by atoms with van der Waals surface area (Å²) in [4.78, 5) is 0. The van der Waals surface area contributed by atoms with Crippen molar-refractivity contribution in [3.05, 3.63) is 133 Å². The molecule has 39 heavy (non-hydrogen) atoms. The minimum atomic E-state index is 0.929. The Balaban J connectivity index is 1.36. The van der Waals surface area contributed by atoms with Gasteiger partial charge in [-0.3, -0.25) is 0 Å². The smallest absolute Gasteiger partial charge is 0.143 e. The van der Waals surface area contributed by atoms with Gasteiger partial charge in [-0.1, -0.05) is 103 Å². The molecule has 0 fully saturated rings. The maximum Gasteiger partial charge on any atom is 0.143 e. The Morgan fingerprint density at radius 3 is 1.95 bits per heavy atom. The highest BCUT2D eigenvalue weighted by atomic mass is 16.5. The molecule has 1 heteroatoms. The first kappa shape index (κ1) is 20.9. The van der Waals surface area contributed by atoms with E-state index in [0.29, 0.717) is 0 Å². The Morgan fingerprint density at radius 1 is 0.359 bits per heavy atom. The molecule has 0 saturated heterocycles. The highest BCUT2D eigenvalue weighted by Gasteiger charge is 2.23. The second kappa shape index (κ2) is 7.69. The number of hydrogen-bond acceptors (Lipinski definition) is 1. The summed E-state index contributed by atoms with van der Waals surface area (Å²) in [6.45, 7) is 0. The van der Waals surface area contributed by atoms with Crippen molar-refractivity contribution in [2.75, 3.05) is 0 Å². The molecule has 0 aliphatic carbocycles. The number of fused-ring (bicyclic) bond motifs is 8. The first-order valence-corrected chi connectivity index (χ1v) is 13.4. The molecule has 1 nitrogen and oxygen atoms in total. The van der Waals surface area contributed by atoms with Crippen molar-refractivity contribution in [1.29, 1.82) is 0 Å². The molecule has 0 aromatic heterocycles. The van der Waals surface area contributed by atoms with Crippen LogP contribution in [0, 0.1) is 0 Å². The summed E-state index contributed by atoms with van der Waals surface area (Å²) in [7, 11) is 0. The van der Waals surface area contributed by atoms with Gasteiger partial charge in [0.25, 0.3) is 0 Å². The van der Waals surface area contributed by atoms with Crippen LogP contribution in [0.25, 0.3) is 76.1 Å². The molecule has 0 atom stereocenters. The normalized spacial score (nSPS) is 12.3. The van der Waals surface area contributed by atoms with Crippen LogP contribution in [-0.4, -0.2) is 0 Å².